The predicted molar refractivity (Wildman–Crippen MR) is 70.8 cm³/mol. The normalized spacial score (nSPS) is 11.5. The summed E-state index contributed by atoms with van der Waals surface area (Å²) in [5.74, 6) is 0.248. The van der Waals surface area contributed by atoms with Crippen molar-refractivity contribution in [3.05, 3.63) is 29.8 Å². The lowest BCUT2D eigenvalue weighted by Crippen LogP contribution is -2.16. The molecule has 0 aliphatic heterocycles. The number of tetrazole rings is 1. The zero-order chi connectivity index (χ0) is 14.6. The Labute approximate surface area is 116 Å². The predicted octanol–water partition coefficient (Wildman–Crippen LogP) is 0.000120. The molecule has 0 N–H and O–H groups in total. The molecule has 0 amide bonds. The van der Waals surface area contributed by atoms with Crippen LogP contribution in [0.15, 0.2) is 18.5 Å². The topological polar surface area (TPSA) is 99.9 Å². The third kappa shape index (κ3) is 3.73. The van der Waals surface area contributed by atoms with Crippen LogP contribution in [0.4, 0.5) is 0 Å². The van der Waals surface area contributed by atoms with Crippen LogP contribution in [0.2, 0.25) is 0 Å². The van der Waals surface area contributed by atoms with E-state index in [9.17, 15) is 8.42 Å². The molecule has 0 aromatic carbocycles. The molecular weight excluding hydrogens is 282 g/mol. The fourth-order valence-electron chi connectivity index (χ4n) is 1.68. The molecule has 0 aliphatic carbocycles. The number of aromatic nitrogens is 5. The molecule has 2 rings (SSSR count). The molecule has 0 fully saturated rings. The summed E-state index contributed by atoms with van der Waals surface area (Å²) < 4.78 is 30.7. The molecule has 9 heteroatoms. The Morgan fingerprint density at radius 1 is 1.35 bits per heavy atom. The monoisotopic (exact) mass is 297 g/mol. The highest BCUT2D eigenvalue weighted by Crippen LogP contribution is 2.19. The number of methoxy groups -OCH3 is 1. The van der Waals surface area contributed by atoms with Gasteiger partial charge >= 0.3 is 0 Å². The van der Waals surface area contributed by atoms with Gasteiger partial charge < -0.3 is 4.74 Å². The molecule has 0 saturated heterocycles. The molecule has 0 atom stereocenters. The van der Waals surface area contributed by atoms with Crippen LogP contribution in [0, 0.1) is 6.92 Å². The van der Waals surface area contributed by atoms with Crippen LogP contribution in [0.25, 0.3) is 0 Å². The molecule has 0 bridgehead atoms. The maximum Gasteiger partial charge on any atom is 0.157 e. The van der Waals surface area contributed by atoms with Gasteiger partial charge in [0.1, 0.15) is 12.1 Å². The number of hydrogen-bond donors (Lipinski definition) is 0. The van der Waals surface area contributed by atoms with E-state index in [2.05, 4.69) is 20.5 Å². The summed E-state index contributed by atoms with van der Waals surface area (Å²) in [5.41, 5.74) is 1.17. The standard InChI is InChI=1S/C11H15N5O3S/c1-9-3-4-11(19-2)10(13-9)7-20(17,18)6-5-16-8-12-14-15-16/h3-4,8H,5-7H2,1-2H3. The average Bonchev–Trinajstić information content (AvgIpc) is 2.89. The summed E-state index contributed by atoms with van der Waals surface area (Å²) in [6.07, 6.45) is 1.38. The highest BCUT2D eigenvalue weighted by Gasteiger charge is 2.17. The highest BCUT2D eigenvalue weighted by atomic mass is 32.2. The lowest BCUT2D eigenvalue weighted by atomic mass is 10.3. The van der Waals surface area contributed by atoms with E-state index in [1.165, 1.54) is 18.1 Å². The zero-order valence-electron chi connectivity index (χ0n) is 11.2. The first-order valence-corrected chi connectivity index (χ1v) is 7.74. The van der Waals surface area contributed by atoms with Gasteiger partial charge in [0.15, 0.2) is 9.84 Å². The summed E-state index contributed by atoms with van der Waals surface area (Å²) >= 11 is 0. The van der Waals surface area contributed by atoms with Crippen molar-refractivity contribution >= 4 is 9.84 Å². The number of pyridine rings is 1. The van der Waals surface area contributed by atoms with Gasteiger partial charge in [-0.1, -0.05) is 0 Å². The molecule has 2 aromatic rings. The summed E-state index contributed by atoms with van der Waals surface area (Å²) in [4.78, 5) is 4.22. The first-order valence-electron chi connectivity index (χ1n) is 5.92. The van der Waals surface area contributed by atoms with Crippen molar-refractivity contribution in [2.75, 3.05) is 12.9 Å². The second-order valence-corrected chi connectivity index (χ2v) is 6.45. The van der Waals surface area contributed by atoms with E-state index in [-0.39, 0.29) is 18.1 Å². The van der Waals surface area contributed by atoms with Gasteiger partial charge in [-0.3, -0.25) is 4.98 Å². The maximum atomic E-state index is 12.1. The van der Waals surface area contributed by atoms with Crippen molar-refractivity contribution in [2.45, 2.75) is 19.2 Å². The van der Waals surface area contributed by atoms with Crippen LogP contribution >= 0.6 is 0 Å². The fourth-order valence-corrected chi connectivity index (χ4v) is 2.92. The van der Waals surface area contributed by atoms with Gasteiger partial charge in [-0.2, -0.15) is 0 Å². The largest absolute Gasteiger partial charge is 0.495 e. The summed E-state index contributed by atoms with van der Waals surface area (Å²) in [6, 6.07) is 3.49. The van der Waals surface area contributed by atoms with Crippen molar-refractivity contribution in [2.24, 2.45) is 0 Å². The van der Waals surface area contributed by atoms with E-state index < -0.39 is 9.84 Å². The quantitative estimate of drug-likeness (QED) is 0.739. The van der Waals surface area contributed by atoms with E-state index in [4.69, 9.17) is 4.74 Å². The van der Waals surface area contributed by atoms with Crippen LogP contribution in [0.5, 0.6) is 5.75 Å². The molecule has 0 spiro atoms. The third-order valence-electron chi connectivity index (χ3n) is 2.67. The van der Waals surface area contributed by atoms with E-state index in [0.717, 1.165) is 5.69 Å². The minimum atomic E-state index is -3.32. The Morgan fingerprint density at radius 3 is 2.80 bits per heavy atom. The summed E-state index contributed by atoms with van der Waals surface area (Å²) in [7, 11) is -1.83. The summed E-state index contributed by atoms with van der Waals surface area (Å²) in [6.45, 7) is 2.01. The molecule has 0 unspecified atom stereocenters. The molecule has 20 heavy (non-hydrogen) atoms. The zero-order valence-corrected chi connectivity index (χ0v) is 12.0. The Bertz CT molecular complexity index is 669. The van der Waals surface area contributed by atoms with Crippen molar-refractivity contribution in [3.63, 3.8) is 0 Å². The SMILES string of the molecule is COc1ccc(C)nc1CS(=O)(=O)CCn1cnnn1. The number of ether oxygens (including phenoxy) is 1. The van der Waals surface area contributed by atoms with E-state index >= 15 is 0 Å². The van der Waals surface area contributed by atoms with Crippen LogP contribution in [0.3, 0.4) is 0 Å². The Morgan fingerprint density at radius 2 is 2.15 bits per heavy atom. The van der Waals surface area contributed by atoms with E-state index in [1.54, 1.807) is 19.1 Å². The molecule has 0 aliphatic rings. The van der Waals surface area contributed by atoms with Gasteiger partial charge in [-0.05, 0) is 29.5 Å². The van der Waals surface area contributed by atoms with Gasteiger partial charge in [0, 0.05) is 5.69 Å². The Balaban J connectivity index is 2.09. The minimum Gasteiger partial charge on any atom is -0.495 e. The molecule has 0 saturated carbocycles. The van der Waals surface area contributed by atoms with Crippen molar-refractivity contribution in [3.8, 4) is 5.75 Å². The molecular formula is C11H15N5O3S. The number of nitrogens with zero attached hydrogens (tertiary/aromatic N) is 5. The summed E-state index contributed by atoms with van der Waals surface area (Å²) in [5, 5.41) is 10.5. The van der Waals surface area contributed by atoms with Gasteiger partial charge in [0.05, 0.1) is 30.9 Å². The van der Waals surface area contributed by atoms with Crippen molar-refractivity contribution < 1.29 is 13.2 Å². The molecule has 2 aromatic heterocycles. The number of aryl methyl sites for hydroxylation is 2. The molecule has 0 radical (unpaired) electrons. The molecule has 2 heterocycles. The number of rotatable bonds is 6. The second kappa shape index (κ2) is 5.95. The lowest BCUT2D eigenvalue weighted by molar-refractivity contribution is 0.408. The highest BCUT2D eigenvalue weighted by molar-refractivity contribution is 7.90. The maximum absolute atomic E-state index is 12.1. The number of hydrogen-bond acceptors (Lipinski definition) is 7. The molecule has 8 nitrogen and oxygen atoms in total. The van der Waals surface area contributed by atoms with Gasteiger partial charge in [0.25, 0.3) is 0 Å². The van der Waals surface area contributed by atoms with Crippen LogP contribution in [-0.2, 0) is 22.1 Å². The minimum absolute atomic E-state index is 0.0587. The van der Waals surface area contributed by atoms with Crippen LogP contribution < -0.4 is 4.74 Å². The first-order chi connectivity index (χ1) is 9.50. The Hall–Kier alpha value is -2.03. The van der Waals surface area contributed by atoms with E-state index in [1.807, 2.05) is 0 Å². The number of sulfone groups is 1. The van der Waals surface area contributed by atoms with Crippen LogP contribution in [0.1, 0.15) is 11.4 Å². The van der Waals surface area contributed by atoms with Gasteiger partial charge in [-0.25, -0.2) is 13.1 Å². The van der Waals surface area contributed by atoms with Gasteiger partial charge in [-0.15, -0.1) is 5.10 Å². The van der Waals surface area contributed by atoms with Crippen molar-refractivity contribution in [1.82, 2.24) is 25.2 Å². The third-order valence-corrected chi connectivity index (χ3v) is 4.19. The fraction of sp³-hybridized carbons (Fsp3) is 0.455. The second-order valence-electron chi connectivity index (χ2n) is 4.27. The van der Waals surface area contributed by atoms with Crippen LogP contribution in [-0.4, -0.2) is 46.5 Å². The average molecular weight is 297 g/mol. The van der Waals surface area contributed by atoms with E-state index in [0.29, 0.717) is 11.4 Å². The lowest BCUT2D eigenvalue weighted by Gasteiger charge is -2.09. The molecule has 108 valence electrons. The van der Waals surface area contributed by atoms with Crippen molar-refractivity contribution in [1.29, 1.82) is 0 Å². The smallest absolute Gasteiger partial charge is 0.157 e. The van der Waals surface area contributed by atoms with Gasteiger partial charge in [0.2, 0.25) is 0 Å². The Kier molecular flexibility index (Phi) is 4.28. The first kappa shape index (κ1) is 14.4.